The minimum Gasteiger partial charge on any atom is -0.322 e. The molecule has 3 aromatic carbocycles. The van der Waals surface area contributed by atoms with Crippen molar-refractivity contribution in [3.63, 3.8) is 0 Å². The van der Waals surface area contributed by atoms with Crippen molar-refractivity contribution < 1.29 is 21.6 Å². The van der Waals surface area contributed by atoms with Crippen molar-refractivity contribution in [2.24, 2.45) is 0 Å². The third-order valence-electron chi connectivity index (χ3n) is 5.66. The summed E-state index contributed by atoms with van der Waals surface area (Å²) < 4.78 is 55.0. The molecule has 0 bridgehead atoms. The number of hydrogen-bond donors (Lipinski definition) is 2. The highest BCUT2D eigenvalue weighted by atomic mass is 32.2. The van der Waals surface area contributed by atoms with E-state index in [-0.39, 0.29) is 9.10 Å². The molecule has 0 atom stereocenters. The van der Waals surface area contributed by atoms with Crippen LogP contribution in [-0.4, -0.2) is 29.8 Å². The molecule has 0 aliphatic heterocycles. The van der Waals surface area contributed by atoms with Crippen LogP contribution in [0.5, 0.6) is 0 Å². The summed E-state index contributed by atoms with van der Waals surface area (Å²) in [5, 5.41) is 4.41. The minimum absolute atomic E-state index is 0.0609. The van der Waals surface area contributed by atoms with Gasteiger partial charge >= 0.3 is 0 Å². The summed E-state index contributed by atoms with van der Waals surface area (Å²) in [6.07, 6.45) is 0. The van der Waals surface area contributed by atoms with Crippen LogP contribution in [0.4, 0.5) is 17.1 Å². The van der Waals surface area contributed by atoms with Crippen LogP contribution in [0.1, 0.15) is 21.5 Å². The molecule has 37 heavy (non-hydrogen) atoms. The number of rotatable bonds is 8. The second-order valence-corrected chi connectivity index (χ2v) is 13.2. The quantitative estimate of drug-likeness (QED) is 0.309. The van der Waals surface area contributed by atoms with E-state index >= 15 is 0 Å². The number of thiophene rings is 1. The number of nitrogens with one attached hydrogen (secondary N) is 2. The zero-order valence-corrected chi connectivity index (χ0v) is 22.7. The first kappa shape index (κ1) is 26.4. The van der Waals surface area contributed by atoms with Crippen molar-refractivity contribution in [2.75, 3.05) is 21.4 Å². The van der Waals surface area contributed by atoms with Crippen LogP contribution in [0.3, 0.4) is 0 Å². The molecule has 4 aromatic rings. The molecule has 11 heteroatoms. The van der Waals surface area contributed by atoms with E-state index in [0.717, 1.165) is 26.8 Å². The van der Waals surface area contributed by atoms with Crippen LogP contribution >= 0.6 is 11.3 Å². The van der Waals surface area contributed by atoms with Gasteiger partial charge in [0.25, 0.3) is 26.0 Å². The van der Waals surface area contributed by atoms with Crippen LogP contribution in [0.2, 0.25) is 0 Å². The Morgan fingerprint density at radius 1 is 0.865 bits per heavy atom. The number of sulfonamides is 2. The van der Waals surface area contributed by atoms with Gasteiger partial charge in [-0.2, -0.15) is 0 Å². The first-order valence-electron chi connectivity index (χ1n) is 11.1. The van der Waals surface area contributed by atoms with Gasteiger partial charge in [0, 0.05) is 18.3 Å². The van der Waals surface area contributed by atoms with Crippen LogP contribution in [0.25, 0.3) is 0 Å². The summed E-state index contributed by atoms with van der Waals surface area (Å²) in [6.45, 7) is 3.71. The summed E-state index contributed by atoms with van der Waals surface area (Å²) in [5.41, 5.74) is 3.39. The highest BCUT2D eigenvalue weighted by molar-refractivity contribution is 7.94. The first-order chi connectivity index (χ1) is 17.5. The van der Waals surface area contributed by atoms with Crippen LogP contribution in [0.15, 0.2) is 93.3 Å². The number of carbonyl (C=O) groups excluding carboxylic acids is 1. The van der Waals surface area contributed by atoms with E-state index in [9.17, 15) is 21.6 Å². The average molecular weight is 556 g/mol. The van der Waals surface area contributed by atoms with Gasteiger partial charge < -0.3 is 5.32 Å². The molecule has 0 saturated carbocycles. The second kappa shape index (κ2) is 10.4. The van der Waals surface area contributed by atoms with Gasteiger partial charge in [-0.05, 0) is 91.0 Å². The molecular formula is C26H25N3O5S3. The van der Waals surface area contributed by atoms with E-state index < -0.39 is 26.0 Å². The maximum absolute atomic E-state index is 12.8. The highest BCUT2D eigenvalue weighted by Gasteiger charge is 2.22. The van der Waals surface area contributed by atoms with Gasteiger partial charge in [0.1, 0.15) is 4.21 Å². The molecule has 0 unspecified atom stereocenters. The van der Waals surface area contributed by atoms with Crippen molar-refractivity contribution >= 4 is 54.4 Å². The fourth-order valence-electron chi connectivity index (χ4n) is 3.48. The predicted molar refractivity (Wildman–Crippen MR) is 147 cm³/mol. The Labute approximate surface area is 220 Å². The van der Waals surface area contributed by atoms with Gasteiger partial charge in [0.15, 0.2) is 0 Å². The minimum atomic E-state index is -3.81. The molecule has 1 amide bonds. The molecule has 0 aliphatic carbocycles. The Morgan fingerprint density at radius 3 is 2.16 bits per heavy atom. The Morgan fingerprint density at radius 2 is 1.54 bits per heavy atom. The molecule has 0 radical (unpaired) electrons. The van der Waals surface area contributed by atoms with E-state index in [1.165, 1.54) is 49.5 Å². The Hall–Kier alpha value is -3.67. The standard InChI is InChI=1S/C26H25N3O5S3/c1-18-6-7-19(2)24(17-18)28-36(31,32)23-14-10-21(11-15-23)27-26(30)20-8-12-22(13-9-20)29(3)37(33,34)25-5-4-16-35-25/h4-17,28H,1-3H3,(H,27,30). The zero-order valence-electron chi connectivity index (χ0n) is 20.3. The molecule has 2 N–H and O–H groups in total. The molecule has 0 spiro atoms. The number of aryl methyl sites for hydroxylation is 2. The lowest BCUT2D eigenvalue weighted by Crippen LogP contribution is -2.25. The molecule has 0 saturated heterocycles. The number of amides is 1. The maximum atomic E-state index is 12.8. The predicted octanol–water partition coefficient (Wildman–Crippen LogP) is 5.24. The van der Waals surface area contributed by atoms with Gasteiger partial charge in [0.05, 0.1) is 16.3 Å². The van der Waals surface area contributed by atoms with Crippen LogP contribution in [-0.2, 0) is 20.0 Å². The van der Waals surface area contributed by atoms with Crippen molar-refractivity contribution in [1.29, 1.82) is 0 Å². The molecule has 0 fully saturated rings. The van der Waals surface area contributed by atoms with Gasteiger partial charge in [-0.15, -0.1) is 11.3 Å². The van der Waals surface area contributed by atoms with Crippen molar-refractivity contribution in [3.8, 4) is 0 Å². The summed E-state index contributed by atoms with van der Waals surface area (Å²) >= 11 is 1.13. The Bertz CT molecular complexity index is 1630. The SMILES string of the molecule is Cc1ccc(C)c(NS(=O)(=O)c2ccc(NC(=O)c3ccc(N(C)S(=O)(=O)c4cccs4)cc3)cc2)c1. The topological polar surface area (TPSA) is 113 Å². The smallest absolute Gasteiger partial charge is 0.273 e. The van der Waals surface area contributed by atoms with E-state index in [1.54, 1.807) is 29.6 Å². The van der Waals surface area contributed by atoms with E-state index in [0.29, 0.717) is 22.6 Å². The number of hydrogen-bond acceptors (Lipinski definition) is 6. The summed E-state index contributed by atoms with van der Waals surface area (Å²) in [4.78, 5) is 12.8. The van der Waals surface area contributed by atoms with Crippen molar-refractivity contribution in [2.45, 2.75) is 23.0 Å². The van der Waals surface area contributed by atoms with Crippen LogP contribution < -0.4 is 14.3 Å². The van der Waals surface area contributed by atoms with Gasteiger partial charge in [0.2, 0.25) is 0 Å². The summed E-state index contributed by atoms with van der Waals surface area (Å²) in [7, 11) is -6.03. The van der Waals surface area contributed by atoms with E-state index in [2.05, 4.69) is 10.0 Å². The molecule has 0 aliphatic rings. The number of nitrogens with zero attached hydrogens (tertiary/aromatic N) is 1. The number of anilines is 3. The number of carbonyl (C=O) groups is 1. The lowest BCUT2D eigenvalue weighted by molar-refractivity contribution is 0.102. The van der Waals surface area contributed by atoms with Gasteiger partial charge in [-0.1, -0.05) is 18.2 Å². The molecular weight excluding hydrogens is 531 g/mol. The van der Waals surface area contributed by atoms with Gasteiger partial charge in [-0.25, -0.2) is 16.8 Å². The van der Waals surface area contributed by atoms with E-state index in [4.69, 9.17) is 0 Å². The molecule has 192 valence electrons. The largest absolute Gasteiger partial charge is 0.322 e. The lowest BCUT2D eigenvalue weighted by Gasteiger charge is -2.18. The fraction of sp³-hybridized carbons (Fsp3) is 0.115. The molecule has 4 rings (SSSR count). The fourth-order valence-corrected chi connectivity index (χ4v) is 6.96. The van der Waals surface area contributed by atoms with Crippen molar-refractivity contribution in [3.05, 3.63) is 101 Å². The molecule has 1 aromatic heterocycles. The highest BCUT2D eigenvalue weighted by Crippen LogP contribution is 2.26. The third kappa shape index (κ3) is 5.85. The normalized spacial score (nSPS) is 11.6. The average Bonchev–Trinajstić information content (AvgIpc) is 3.42. The number of benzene rings is 3. The van der Waals surface area contributed by atoms with Crippen molar-refractivity contribution in [1.82, 2.24) is 0 Å². The Balaban J connectivity index is 1.43. The van der Waals surface area contributed by atoms with E-state index in [1.807, 2.05) is 26.0 Å². The van der Waals surface area contributed by atoms with Crippen LogP contribution in [0, 0.1) is 13.8 Å². The lowest BCUT2D eigenvalue weighted by atomic mass is 10.1. The first-order valence-corrected chi connectivity index (χ1v) is 14.9. The summed E-state index contributed by atoms with van der Waals surface area (Å²) in [5.74, 6) is -0.417. The molecule has 1 heterocycles. The monoisotopic (exact) mass is 555 g/mol. The second-order valence-electron chi connectivity index (χ2n) is 8.35. The molecule has 8 nitrogen and oxygen atoms in total. The zero-order chi connectivity index (χ0) is 26.8. The Kier molecular flexibility index (Phi) is 7.39. The summed E-state index contributed by atoms with van der Waals surface area (Å²) in [6, 6.07) is 20.7. The third-order valence-corrected chi connectivity index (χ3v) is 10.2. The van der Waals surface area contributed by atoms with Gasteiger partial charge in [-0.3, -0.25) is 13.8 Å². The maximum Gasteiger partial charge on any atom is 0.273 e.